The first-order valence-electron chi connectivity index (χ1n) is 8.74. The van der Waals surface area contributed by atoms with E-state index in [9.17, 15) is 0 Å². The van der Waals surface area contributed by atoms with Crippen LogP contribution in [0.3, 0.4) is 0 Å². The summed E-state index contributed by atoms with van der Waals surface area (Å²) in [6.07, 6.45) is 4.44. The molecule has 11 heteroatoms. The molecule has 0 bridgehead atoms. The second kappa shape index (κ2) is 12.5. The van der Waals surface area contributed by atoms with Crippen molar-refractivity contribution in [2.24, 2.45) is 0 Å². The van der Waals surface area contributed by atoms with E-state index in [0.717, 1.165) is 38.5 Å². The van der Waals surface area contributed by atoms with E-state index in [1.807, 2.05) is 0 Å². The Kier molecular flexibility index (Phi) is 11.6. The van der Waals surface area contributed by atoms with Gasteiger partial charge in [0.25, 0.3) is 0 Å². The standard InChI is InChI=1S/C9H20O4Si.C6H14O5Si/c1-10-14(11-2,12-3)8-4-5-9-6-7-13-9;1-7-12(8-2,9-3)11-6-4-5-10-6/h9H,4-8H2,1-3H3;6H,4-5H2,1-3H3. The van der Waals surface area contributed by atoms with Crippen LogP contribution in [-0.4, -0.2) is 86.1 Å². The van der Waals surface area contributed by atoms with Crippen molar-refractivity contribution in [3.63, 3.8) is 0 Å². The van der Waals surface area contributed by atoms with Gasteiger partial charge in [0.2, 0.25) is 0 Å². The Labute approximate surface area is 158 Å². The quantitative estimate of drug-likeness (QED) is 0.442. The van der Waals surface area contributed by atoms with Crippen molar-refractivity contribution in [2.75, 3.05) is 55.9 Å². The smallest absolute Gasteiger partial charge is 0.378 e. The highest BCUT2D eigenvalue weighted by atomic mass is 28.4. The van der Waals surface area contributed by atoms with Crippen molar-refractivity contribution < 1.29 is 40.5 Å². The lowest BCUT2D eigenvalue weighted by Crippen LogP contribution is -2.51. The van der Waals surface area contributed by atoms with Crippen molar-refractivity contribution in [1.29, 1.82) is 0 Å². The van der Waals surface area contributed by atoms with Crippen molar-refractivity contribution in [2.45, 2.75) is 44.1 Å². The molecule has 0 amide bonds. The fraction of sp³-hybridized carbons (Fsp3) is 1.00. The van der Waals surface area contributed by atoms with Gasteiger partial charge >= 0.3 is 17.9 Å². The van der Waals surface area contributed by atoms with Crippen LogP contribution in [0.1, 0.15) is 25.7 Å². The van der Waals surface area contributed by atoms with Crippen molar-refractivity contribution >= 4 is 17.9 Å². The average Bonchev–Trinajstić information content (AvgIpc) is 2.62. The predicted octanol–water partition coefficient (Wildman–Crippen LogP) is 1.56. The van der Waals surface area contributed by atoms with Crippen LogP contribution in [0.15, 0.2) is 0 Å². The Balaban J connectivity index is 0.000000263. The summed E-state index contributed by atoms with van der Waals surface area (Å²) in [5, 5.41) is 0. The summed E-state index contributed by atoms with van der Waals surface area (Å²) in [5.74, 6) is 0. The molecule has 0 aromatic carbocycles. The van der Waals surface area contributed by atoms with Gasteiger partial charge in [-0.15, -0.1) is 0 Å². The summed E-state index contributed by atoms with van der Waals surface area (Å²) < 4.78 is 46.8. The van der Waals surface area contributed by atoms with Crippen LogP contribution in [0.2, 0.25) is 6.04 Å². The Morgan fingerprint density at radius 1 is 0.769 bits per heavy atom. The van der Waals surface area contributed by atoms with E-state index in [-0.39, 0.29) is 6.29 Å². The number of ether oxygens (including phenoxy) is 2. The first kappa shape index (κ1) is 24.1. The fourth-order valence-electron chi connectivity index (χ4n) is 2.48. The largest absolute Gasteiger partial charge is 0.680 e. The van der Waals surface area contributed by atoms with Crippen LogP contribution >= 0.6 is 0 Å². The molecule has 0 radical (unpaired) electrons. The molecule has 0 N–H and O–H groups in total. The van der Waals surface area contributed by atoms with Crippen molar-refractivity contribution in [3.8, 4) is 0 Å². The molecule has 0 aromatic heterocycles. The minimum Gasteiger partial charge on any atom is -0.378 e. The predicted molar refractivity (Wildman–Crippen MR) is 97.4 cm³/mol. The SMILES string of the molecule is CO[Si](CCCC1CCO1)(OC)OC.CO[Si](OC)(OC)OC1CCO1. The maximum Gasteiger partial charge on any atom is 0.680 e. The van der Waals surface area contributed by atoms with E-state index in [1.54, 1.807) is 21.3 Å². The van der Waals surface area contributed by atoms with Gasteiger partial charge in [0, 0.05) is 61.7 Å². The van der Waals surface area contributed by atoms with Crippen LogP contribution in [0, 0.1) is 0 Å². The van der Waals surface area contributed by atoms with Gasteiger partial charge < -0.3 is 40.5 Å². The molecule has 2 saturated heterocycles. The monoisotopic (exact) mass is 414 g/mol. The molecule has 2 rings (SSSR count). The Hall–Kier alpha value is 0.0738. The van der Waals surface area contributed by atoms with Gasteiger partial charge in [-0.25, -0.2) is 0 Å². The average molecular weight is 415 g/mol. The van der Waals surface area contributed by atoms with Crippen LogP contribution in [0.25, 0.3) is 0 Å². The number of hydrogen-bond acceptors (Lipinski definition) is 9. The molecular formula is C15H34O9Si2. The number of hydrogen-bond donors (Lipinski definition) is 0. The van der Waals surface area contributed by atoms with E-state index in [2.05, 4.69) is 0 Å². The minimum atomic E-state index is -2.88. The molecule has 2 unspecified atom stereocenters. The fourth-order valence-corrected chi connectivity index (χ4v) is 5.52. The lowest BCUT2D eigenvalue weighted by molar-refractivity contribution is -0.204. The van der Waals surface area contributed by atoms with Gasteiger partial charge in [-0.3, -0.25) is 0 Å². The molecule has 2 heterocycles. The van der Waals surface area contributed by atoms with Crippen LogP contribution in [0.5, 0.6) is 0 Å². The summed E-state index contributed by atoms with van der Waals surface area (Å²) in [5.41, 5.74) is 0. The zero-order valence-corrected chi connectivity index (χ0v) is 18.8. The van der Waals surface area contributed by atoms with Crippen molar-refractivity contribution in [1.82, 2.24) is 0 Å². The zero-order chi connectivity index (χ0) is 19.5. The zero-order valence-electron chi connectivity index (χ0n) is 16.8. The lowest BCUT2D eigenvalue weighted by atomic mass is 10.1. The Morgan fingerprint density at radius 3 is 1.58 bits per heavy atom. The van der Waals surface area contributed by atoms with Crippen LogP contribution in [0.4, 0.5) is 0 Å². The van der Waals surface area contributed by atoms with E-state index in [0.29, 0.717) is 6.10 Å². The van der Waals surface area contributed by atoms with Crippen LogP contribution in [-0.2, 0) is 40.5 Å². The molecule has 156 valence electrons. The normalized spacial score (nSPS) is 22.8. The molecule has 2 aliphatic rings. The van der Waals surface area contributed by atoms with E-state index < -0.39 is 17.9 Å². The lowest BCUT2D eigenvalue weighted by Gasteiger charge is -2.32. The van der Waals surface area contributed by atoms with E-state index in [1.165, 1.54) is 27.8 Å². The summed E-state index contributed by atoms with van der Waals surface area (Å²) in [7, 11) is 4.25. The first-order chi connectivity index (χ1) is 12.5. The van der Waals surface area contributed by atoms with Gasteiger partial charge in [-0.05, 0) is 19.3 Å². The third-order valence-corrected chi connectivity index (χ3v) is 9.30. The van der Waals surface area contributed by atoms with E-state index in [4.69, 9.17) is 40.5 Å². The maximum absolute atomic E-state index is 5.37. The summed E-state index contributed by atoms with van der Waals surface area (Å²) in [4.78, 5) is 0. The maximum atomic E-state index is 5.37. The van der Waals surface area contributed by atoms with Gasteiger partial charge in [-0.1, -0.05) is 0 Å². The highest BCUT2D eigenvalue weighted by molar-refractivity contribution is 6.60. The topological polar surface area (TPSA) is 83.1 Å². The molecule has 2 fully saturated rings. The molecule has 0 aromatic rings. The second-order valence-corrected chi connectivity index (χ2v) is 11.3. The molecule has 2 aliphatic heterocycles. The summed E-state index contributed by atoms with van der Waals surface area (Å²) in [6, 6.07) is 0.871. The summed E-state index contributed by atoms with van der Waals surface area (Å²) in [6.45, 7) is 1.65. The Morgan fingerprint density at radius 2 is 1.27 bits per heavy atom. The third-order valence-electron chi connectivity index (χ3n) is 4.42. The molecular weight excluding hydrogens is 380 g/mol. The highest BCUT2D eigenvalue weighted by Crippen LogP contribution is 2.22. The van der Waals surface area contributed by atoms with Crippen molar-refractivity contribution in [3.05, 3.63) is 0 Å². The van der Waals surface area contributed by atoms with Gasteiger partial charge in [0.1, 0.15) is 0 Å². The molecule has 0 saturated carbocycles. The third kappa shape index (κ3) is 7.24. The van der Waals surface area contributed by atoms with Gasteiger partial charge in [0.15, 0.2) is 6.29 Å². The summed E-state index contributed by atoms with van der Waals surface area (Å²) >= 11 is 0. The first-order valence-corrected chi connectivity index (χ1v) is 12.3. The molecule has 26 heavy (non-hydrogen) atoms. The minimum absolute atomic E-state index is 0.225. The van der Waals surface area contributed by atoms with Gasteiger partial charge in [-0.2, -0.15) is 0 Å². The molecule has 0 aliphatic carbocycles. The van der Waals surface area contributed by atoms with E-state index >= 15 is 0 Å². The Bertz CT molecular complexity index is 342. The molecule has 2 atom stereocenters. The number of rotatable bonds is 12. The highest BCUT2D eigenvalue weighted by Gasteiger charge is 2.46. The molecule has 9 nitrogen and oxygen atoms in total. The van der Waals surface area contributed by atoms with Gasteiger partial charge in [0.05, 0.1) is 12.7 Å². The van der Waals surface area contributed by atoms with Crippen LogP contribution < -0.4 is 0 Å². The second-order valence-electron chi connectivity index (χ2n) is 5.79. The molecule has 0 spiro atoms.